The number of aliphatic imine (C=N–C) groups is 1. The number of hydrogen-bond donors (Lipinski definition) is 1. The standard InChI is InChI=1S/C14H25N3O2.HI/c1-14(4-7-19-12(14)11-2-3-11)10-16-13(15)17-5-8-18-9-6-17;/h11-12H,2-10H2,1H3,(H2,15,16);1H. The summed E-state index contributed by atoms with van der Waals surface area (Å²) in [6, 6.07) is 0. The first kappa shape index (κ1) is 16.3. The van der Waals surface area contributed by atoms with Gasteiger partial charge in [-0.25, -0.2) is 0 Å². The van der Waals surface area contributed by atoms with Crippen LogP contribution in [-0.4, -0.2) is 56.4 Å². The third kappa shape index (κ3) is 3.57. The van der Waals surface area contributed by atoms with E-state index in [1.165, 1.54) is 12.8 Å². The topological polar surface area (TPSA) is 60.1 Å². The van der Waals surface area contributed by atoms with Crippen LogP contribution in [0.25, 0.3) is 0 Å². The van der Waals surface area contributed by atoms with E-state index in [1.807, 2.05) is 0 Å². The molecule has 2 aliphatic heterocycles. The maximum absolute atomic E-state index is 6.10. The fraction of sp³-hybridized carbons (Fsp3) is 0.929. The molecule has 0 aromatic carbocycles. The zero-order chi connectivity index (χ0) is 13.3. The molecule has 116 valence electrons. The first-order chi connectivity index (χ1) is 9.19. The lowest BCUT2D eigenvalue weighted by Gasteiger charge is -2.31. The van der Waals surface area contributed by atoms with Gasteiger partial charge in [-0.1, -0.05) is 6.92 Å². The number of hydrogen-bond acceptors (Lipinski definition) is 3. The van der Waals surface area contributed by atoms with Gasteiger partial charge in [-0.3, -0.25) is 4.99 Å². The zero-order valence-electron chi connectivity index (χ0n) is 12.2. The van der Waals surface area contributed by atoms with Crippen molar-refractivity contribution >= 4 is 29.9 Å². The van der Waals surface area contributed by atoms with E-state index < -0.39 is 0 Å². The van der Waals surface area contributed by atoms with Crippen molar-refractivity contribution in [2.75, 3.05) is 39.5 Å². The van der Waals surface area contributed by atoms with Crippen LogP contribution in [0.2, 0.25) is 0 Å². The molecule has 0 spiro atoms. The lowest BCUT2D eigenvalue weighted by atomic mass is 9.81. The Morgan fingerprint density at radius 2 is 2.00 bits per heavy atom. The van der Waals surface area contributed by atoms with Crippen molar-refractivity contribution in [1.29, 1.82) is 0 Å². The molecule has 2 heterocycles. The molecule has 3 aliphatic rings. The predicted octanol–water partition coefficient (Wildman–Crippen LogP) is 1.46. The van der Waals surface area contributed by atoms with Gasteiger partial charge in [0.1, 0.15) is 0 Å². The molecule has 0 amide bonds. The Bertz CT molecular complexity index is 356. The van der Waals surface area contributed by atoms with E-state index in [0.717, 1.165) is 51.8 Å². The summed E-state index contributed by atoms with van der Waals surface area (Å²) in [5, 5.41) is 0. The first-order valence-corrected chi connectivity index (χ1v) is 7.43. The number of rotatable bonds is 3. The number of guanidine groups is 1. The van der Waals surface area contributed by atoms with Crippen LogP contribution in [0.4, 0.5) is 0 Å². The predicted molar refractivity (Wildman–Crippen MR) is 89.5 cm³/mol. The fourth-order valence-corrected chi connectivity index (χ4v) is 3.19. The Morgan fingerprint density at radius 1 is 1.30 bits per heavy atom. The third-order valence-corrected chi connectivity index (χ3v) is 4.64. The van der Waals surface area contributed by atoms with Crippen LogP contribution in [0.5, 0.6) is 0 Å². The highest BCUT2D eigenvalue weighted by Gasteiger charge is 2.48. The minimum atomic E-state index is 0. The summed E-state index contributed by atoms with van der Waals surface area (Å²) in [5.74, 6) is 1.44. The van der Waals surface area contributed by atoms with Gasteiger partial charge in [-0.15, -0.1) is 24.0 Å². The second-order valence-corrected chi connectivity index (χ2v) is 6.31. The van der Waals surface area contributed by atoms with Crippen molar-refractivity contribution in [1.82, 2.24) is 4.90 Å². The normalized spacial score (nSPS) is 35.0. The molecule has 0 aromatic heterocycles. The molecule has 3 rings (SSSR count). The number of halogens is 1. The van der Waals surface area contributed by atoms with Crippen LogP contribution in [-0.2, 0) is 9.47 Å². The largest absolute Gasteiger partial charge is 0.378 e. The van der Waals surface area contributed by atoms with Gasteiger partial charge in [0.05, 0.1) is 25.9 Å². The lowest BCUT2D eigenvalue weighted by Crippen LogP contribution is -2.45. The second kappa shape index (κ2) is 6.79. The van der Waals surface area contributed by atoms with E-state index in [9.17, 15) is 0 Å². The molecule has 0 radical (unpaired) electrons. The second-order valence-electron chi connectivity index (χ2n) is 6.31. The van der Waals surface area contributed by atoms with Crippen LogP contribution in [0.3, 0.4) is 0 Å². The Kier molecular flexibility index (Phi) is 5.53. The van der Waals surface area contributed by atoms with Crippen molar-refractivity contribution in [2.24, 2.45) is 22.1 Å². The monoisotopic (exact) mass is 395 g/mol. The molecule has 2 saturated heterocycles. The molecule has 2 N–H and O–H groups in total. The molecule has 3 fully saturated rings. The number of morpholine rings is 1. The van der Waals surface area contributed by atoms with E-state index in [4.69, 9.17) is 15.2 Å². The van der Waals surface area contributed by atoms with E-state index in [-0.39, 0.29) is 29.4 Å². The van der Waals surface area contributed by atoms with Crippen LogP contribution in [0, 0.1) is 11.3 Å². The molecular formula is C14H26IN3O2. The van der Waals surface area contributed by atoms with Gasteiger partial charge < -0.3 is 20.1 Å². The fourth-order valence-electron chi connectivity index (χ4n) is 3.19. The molecule has 6 heteroatoms. The summed E-state index contributed by atoms with van der Waals surface area (Å²) in [6.07, 6.45) is 4.15. The molecule has 1 aliphatic carbocycles. The third-order valence-electron chi connectivity index (χ3n) is 4.64. The Morgan fingerprint density at radius 3 is 2.65 bits per heavy atom. The van der Waals surface area contributed by atoms with Crippen molar-refractivity contribution in [3.05, 3.63) is 0 Å². The SMILES string of the molecule is CC1(CN=C(N)N2CCOCC2)CCOC1C1CC1.I. The van der Waals surface area contributed by atoms with Crippen molar-refractivity contribution in [3.8, 4) is 0 Å². The maximum atomic E-state index is 6.10. The molecule has 2 unspecified atom stereocenters. The number of nitrogens with zero attached hydrogens (tertiary/aromatic N) is 2. The Hall–Kier alpha value is -0.0800. The molecule has 0 aromatic rings. The Balaban J connectivity index is 0.00000147. The first-order valence-electron chi connectivity index (χ1n) is 7.43. The van der Waals surface area contributed by atoms with Gasteiger partial charge in [-0.05, 0) is 25.2 Å². The molecule has 20 heavy (non-hydrogen) atoms. The summed E-state index contributed by atoms with van der Waals surface area (Å²) in [4.78, 5) is 6.77. The smallest absolute Gasteiger partial charge is 0.191 e. The van der Waals surface area contributed by atoms with E-state index in [2.05, 4.69) is 16.8 Å². The van der Waals surface area contributed by atoms with Gasteiger partial charge in [0, 0.05) is 25.1 Å². The summed E-state index contributed by atoms with van der Waals surface area (Å²) >= 11 is 0. The summed E-state index contributed by atoms with van der Waals surface area (Å²) in [5.41, 5.74) is 6.28. The highest BCUT2D eigenvalue weighted by molar-refractivity contribution is 14.0. The quantitative estimate of drug-likeness (QED) is 0.447. The number of nitrogens with two attached hydrogens (primary N) is 1. The Labute approximate surface area is 138 Å². The minimum absolute atomic E-state index is 0. The lowest BCUT2D eigenvalue weighted by molar-refractivity contribution is 0.0420. The van der Waals surface area contributed by atoms with Crippen molar-refractivity contribution < 1.29 is 9.47 Å². The number of ether oxygens (including phenoxy) is 2. The average molecular weight is 395 g/mol. The van der Waals surface area contributed by atoms with Crippen LogP contribution < -0.4 is 5.73 Å². The molecule has 2 atom stereocenters. The van der Waals surface area contributed by atoms with E-state index in [1.54, 1.807) is 0 Å². The summed E-state index contributed by atoms with van der Waals surface area (Å²) < 4.78 is 11.3. The molecular weight excluding hydrogens is 369 g/mol. The molecule has 1 saturated carbocycles. The van der Waals surface area contributed by atoms with E-state index >= 15 is 0 Å². The highest BCUT2D eigenvalue weighted by atomic mass is 127. The van der Waals surface area contributed by atoms with Crippen LogP contribution >= 0.6 is 24.0 Å². The van der Waals surface area contributed by atoms with Crippen LogP contribution in [0.1, 0.15) is 26.2 Å². The van der Waals surface area contributed by atoms with Crippen molar-refractivity contribution in [3.63, 3.8) is 0 Å². The van der Waals surface area contributed by atoms with Gasteiger partial charge >= 0.3 is 0 Å². The van der Waals surface area contributed by atoms with Crippen LogP contribution in [0.15, 0.2) is 4.99 Å². The minimum Gasteiger partial charge on any atom is -0.378 e. The van der Waals surface area contributed by atoms with Gasteiger partial charge in [-0.2, -0.15) is 0 Å². The summed E-state index contributed by atoms with van der Waals surface area (Å²) in [6.45, 7) is 7.19. The zero-order valence-corrected chi connectivity index (χ0v) is 14.5. The van der Waals surface area contributed by atoms with E-state index in [0.29, 0.717) is 12.1 Å². The van der Waals surface area contributed by atoms with Crippen molar-refractivity contribution in [2.45, 2.75) is 32.3 Å². The average Bonchev–Trinajstić information content (AvgIpc) is 3.21. The summed E-state index contributed by atoms with van der Waals surface area (Å²) in [7, 11) is 0. The molecule has 5 nitrogen and oxygen atoms in total. The van der Waals surface area contributed by atoms with Gasteiger partial charge in [0.2, 0.25) is 0 Å². The molecule has 0 bridgehead atoms. The maximum Gasteiger partial charge on any atom is 0.191 e. The highest BCUT2D eigenvalue weighted by Crippen LogP contribution is 2.47. The van der Waals surface area contributed by atoms with Gasteiger partial charge in [0.15, 0.2) is 5.96 Å². The van der Waals surface area contributed by atoms with Gasteiger partial charge in [0.25, 0.3) is 0 Å².